The molecule has 1 aliphatic heterocycles. The summed E-state index contributed by atoms with van der Waals surface area (Å²) in [5.41, 5.74) is 2.12. The lowest BCUT2D eigenvalue weighted by Gasteiger charge is -2.42. The van der Waals surface area contributed by atoms with Crippen LogP contribution >= 0.6 is 0 Å². The van der Waals surface area contributed by atoms with E-state index < -0.39 is 37.3 Å². The third kappa shape index (κ3) is 4.00. The maximum Gasteiger partial charge on any atom is 0.223 e. The zero-order valence-electron chi connectivity index (χ0n) is 13.4. The number of carbonyl (C=O) groups excluding carboxylic acids is 1. The summed E-state index contributed by atoms with van der Waals surface area (Å²) in [5.74, 6) is 0.120. The van der Waals surface area contributed by atoms with Crippen molar-refractivity contribution in [1.29, 1.82) is 0 Å². The van der Waals surface area contributed by atoms with Crippen molar-refractivity contribution >= 4 is 5.91 Å². The Labute approximate surface area is 134 Å². The zero-order valence-corrected chi connectivity index (χ0v) is 13.4. The van der Waals surface area contributed by atoms with E-state index in [9.17, 15) is 20.1 Å². The number of ether oxygens (including phenoxy) is 2. The van der Waals surface area contributed by atoms with Crippen LogP contribution in [0.15, 0.2) is 18.2 Å². The standard InChI is InChI=1S/C16H23NO6/c1-8-4-5-11(6-9(8)2)22-16-13(17-10(3)19)15(21)14(20)12(7-18)23-16/h4-6,12-16,18,20-21H,7H2,1-3H3,(H,17,19)/t12-,13-,14-,15-,16-/m0/s1. The minimum absolute atomic E-state index is 0.388. The van der Waals surface area contributed by atoms with E-state index >= 15 is 0 Å². The molecule has 2 rings (SSSR count). The number of hydrogen-bond donors (Lipinski definition) is 4. The van der Waals surface area contributed by atoms with E-state index in [1.807, 2.05) is 26.0 Å². The van der Waals surface area contributed by atoms with Gasteiger partial charge < -0.3 is 30.1 Å². The molecular formula is C16H23NO6. The number of aliphatic hydroxyl groups excluding tert-OH is 3. The van der Waals surface area contributed by atoms with Crippen molar-refractivity contribution in [3.63, 3.8) is 0 Å². The third-order valence-electron chi connectivity index (χ3n) is 3.98. The third-order valence-corrected chi connectivity index (χ3v) is 3.98. The highest BCUT2D eigenvalue weighted by molar-refractivity contribution is 5.73. The van der Waals surface area contributed by atoms with Crippen LogP contribution in [-0.2, 0) is 9.53 Å². The first-order valence-electron chi connectivity index (χ1n) is 7.47. The number of rotatable bonds is 4. The summed E-state index contributed by atoms with van der Waals surface area (Å²) in [6, 6.07) is 4.50. The van der Waals surface area contributed by atoms with E-state index in [-0.39, 0.29) is 5.91 Å². The quantitative estimate of drug-likeness (QED) is 0.601. The van der Waals surface area contributed by atoms with Crippen LogP contribution in [0.25, 0.3) is 0 Å². The fourth-order valence-electron chi connectivity index (χ4n) is 2.49. The molecule has 23 heavy (non-hydrogen) atoms. The van der Waals surface area contributed by atoms with Gasteiger partial charge in [0.15, 0.2) is 0 Å². The summed E-state index contributed by atoms with van der Waals surface area (Å²) in [7, 11) is 0. The molecule has 1 aromatic rings. The van der Waals surface area contributed by atoms with Gasteiger partial charge in [-0.3, -0.25) is 4.79 Å². The minimum atomic E-state index is -1.32. The second kappa shape index (κ2) is 7.27. The summed E-state index contributed by atoms with van der Waals surface area (Å²) in [6.45, 7) is 4.73. The van der Waals surface area contributed by atoms with Crippen molar-refractivity contribution < 1.29 is 29.6 Å². The monoisotopic (exact) mass is 325 g/mol. The van der Waals surface area contributed by atoms with E-state index in [0.717, 1.165) is 11.1 Å². The smallest absolute Gasteiger partial charge is 0.223 e. The highest BCUT2D eigenvalue weighted by atomic mass is 16.7. The van der Waals surface area contributed by atoms with Crippen LogP contribution in [0.2, 0.25) is 0 Å². The molecule has 1 saturated heterocycles. The summed E-state index contributed by atoms with van der Waals surface area (Å²) in [4.78, 5) is 11.3. The second-order valence-corrected chi connectivity index (χ2v) is 5.80. The molecule has 0 aliphatic carbocycles. The van der Waals surface area contributed by atoms with Crippen LogP contribution in [0.3, 0.4) is 0 Å². The van der Waals surface area contributed by atoms with Crippen LogP contribution in [0.1, 0.15) is 18.1 Å². The zero-order chi connectivity index (χ0) is 17.1. The molecule has 4 N–H and O–H groups in total. The minimum Gasteiger partial charge on any atom is -0.463 e. The summed E-state index contributed by atoms with van der Waals surface area (Å²) in [6.07, 6.45) is -4.67. The molecule has 1 heterocycles. The number of benzene rings is 1. The Hall–Kier alpha value is -1.67. The molecular weight excluding hydrogens is 302 g/mol. The predicted molar refractivity (Wildman–Crippen MR) is 81.9 cm³/mol. The van der Waals surface area contributed by atoms with Gasteiger partial charge in [-0.15, -0.1) is 0 Å². The van der Waals surface area contributed by atoms with Gasteiger partial charge in [-0.2, -0.15) is 0 Å². The Kier molecular flexibility index (Phi) is 5.59. The fourth-order valence-corrected chi connectivity index (χ4v) is 2.49. The van der Waals surface area contributed by atoms with Crippen LogP contribution in [0, 0.1) is 13.8 Å². The SMILES string of the molecule is CC(=O)N[C@@H]1[C@@H](Oc2ccc(C)c(C)c2)O[C@@H](CO)[C@H](O)[C@H]1O. The van der Waals surface area contributed by atoms with Crippen molar-refractivity contribution in [3.05, 3.63) is 29.3 Å². The number of amides is 1. The van der Waals surface area contributed by atoms with Gasteiger partial charge in [-0.05, 0) is 37.1 Å². The van der Waals surface area contributed by atoms with Gasteiger partial charge in [-0.1, -0.05) is 6.07 Å². The van der Waals surface area contributed by atoms with E-state index in [4.69, 9.17) is 9.47 Å². The largest absolute Gasteiger partial charge is 0.463 e. The van der Waals surface area contributed by atoms with E-state index in [0.29, 0.717) is 5.75 Å². The molecule has 0 saturated carbocycles. The lowest BCUT2D eigenvalue weighted by molar-refractivity contribution is -0.244. The van der Waals surface area contributed by atoms with Crippen LogP contribution in [-0.4, -0.2) is 58.5 Å². The Morgan fingerprint density at radius 2 is 1.96 bits per heavy atom. The molecule has 7 nitrogen and oxygen atoms in total. The maximum absolute atomic E-state index is 11.3. The summed E-state index contributed by atoms with van der Waals surface area (Å²) in [5, 5.41) is 31.9. The molecule has 5 atom stereocenters. The first kappa shape index (κ1) is 17.7. The van der Waals surface area contributed by atoms with Gasteiger partial charge in [0.25, 0.3) is 0 Å². The Bertz CT molecular complexity index is 564. The first-order valence-corrected chi connectivity index (χ1v) is 7.47. The lowest BCUT2D eigenvalue weighted by Crippen LogP contribution is -2.65. The molecule has 1 fully saturated rings. The number of hydrogen-bond acceptors (Lipinski definition) is 6. The molecule has 128 valence electrons. The Morgan fingerprint density at radius 1 is 1.26 bits per heavy atom. The molecule has 1 aliphatic rings. The number of aryl methyl sites for hydroxylation is 2. The fraction of sp³-hybridized carbons (Fsp3) is 0.562. The molecule has 0 aromatic heterocycles. The van der Waals surface area contributed by atoms with E-state index in [1.165, 1.54) is 6.92 Å². The van der Waals surface area contributed by atoms with Crippen molar-refractivity contribution in [3.8, 4) is 5.75 Å². The molecule has 1 aromatic carbocycles. The first-order chi connectivity index (χ1) is 10.8. The van der Waals surface area contributed by atoms with Crippen LogP contribution in [0.5, 0.6) is 5.75 Å². The summed E-state index contributed by atoms with van der Waals surface area (Å²) < 4.78 is 11.2. The van der Waals surface area contributed by atoms with E-state index in [2.05, 4.69) is 5.32 Å². The normalized spacial score (nSPS) is 30.8. The Morgan fingerprint density at radius 3 is 2.52 bits per heavy atom. The number of carbonyl (C=O) groups is 1. The van der Waals surface area contributed by atoms with Gasteiger partial charge in [0, 0.05) is 6.92 Å². The molecule has 0 unspecified atom stereocenters. The van der Waals surface area contributed by atoms with Gasteiger partial charge in [0.05, 0.1) is 6.61 Å². The van der Waals surface area contributed by atoms with Crippen molar-refractivity contribution in [2.45, 2.75) is 51.4 Å². The molecule has 7 heteroatoms. The van der Waals surface area contributed by atoms with Gasteiger partial charge in [-0.25, -0.2) is 0 Å². The predicted octanol–water partition coefficient (Wildman–Crippen LogP) is -0.374. The molecule has 1 amide bonds. The Balaban J connectivity index is 2.23. The average Bonchev–Trinajstić information content (AvgIpc) is 2.50. The maximum atomic E-state index is 11.3. The second-order valence-electron chi connectivity index (χ2n) is 5.80. The van der Waals surface area contributed by atoms with Gasteiger partial charge in [0.2, 0.25) is 12.2 Å². The van der Waals surface area contributed by atoms with Gasteiger partial charge in [0.1, 0.15) is 30.1 Å². The van der Waals surface area contributed by atoms with Crippen molar-refractivity contribution in [2.24, 2.45) is 0 Å². The molecule has 0 spiro atoms. The van der Waals surface area contributed by atoms with Crippen LogP contribution < -0.4 is 10.1 Å². The van der Waals surface area contributed by atoms with Crippen LogP contribution in [0.4, 0.5) is 0 Å². The van der Waals surface area contributed by atoms with Crippen molar-refractivity contribution in [1.82, 2.24) is 5.32 Å². The number of nitrogens with one attached hydrogen (secondary N) is 1. The molecule has 0 radical (unpaired) electrons. The number of aliphatic hydroxyl groups is 3. The average molecular weight is 325 g/mol. The topological polar surface area (TPSA) is 108 Å². The highest BCUT2D eigenvalue weighted by Crippen LogP contribution is 2.25. The lowest BCUT2D eigenvalue weighted by atomic mass is 9.97. The molecule has 0 bridgehead atoms. The highest BCUT2D eigenvalue weighted by Gasteiger charge is 2.46. The van der Waals surface area contributed by atoms with E-state index in [1.54, 1.807) is 6.07 Å². The van der Waals surface area contributed by atoms with Gasteiger partial charge >= 0.3 is 0 Å². The summed E-state index contributed by atoms with van der Waals surface area (Å²) >= 11 is 0. The van der Waals surface area contributed by atoms with Crippen molar-refractivity contribution in [2.75, 3.05) is 6.61 Å².